The van der Waals surface area contributed by atoms with Gasteiger partial charge in [-0.05, 0) is 25.0 Å². The number of hydrogen-bond donors (Lipinski definition) is 1. The van der Waals surface area contributed by atoms with Crippen LogP contribution in [0, 0.1) is 0 Å². The van der Waals surface area contributed by atoms with Crippen molar-refractivity contribution in [2.75, 3.05) is 13.2 Å². The molecule has 2 heterocycles. The molecule has 7 heteroatoms. The molecule has 7 nitrogen and oxygen atoms in total. The van der Waals surface area contributed by atoms with Crippen molar-refractivity contribution in [3.8, 4) is 0 Å². The van der Waals surface area contributed by atoms with Gasteiger partial charge in [-0.3, -0.25) is 4.79 Å². The molecule has 0 aliphatic carbocycles. The van der Waals surface area contributed by atoms with Crippen LogP contribution in [0.25, 0.3) is 0 Å². The van der Waals surface area contributed by atoms with Crippen LogP contribution in [0.4, 0.5) is 0 Å². The van der Waals surface area contributed by atoms with Gasteiger partial charge in [0.25, 0.3) is 0 Å². The summed E-state index contributed by atoms with van der Waals surface area (Å²) < 4.78 is 5.18. The van der Waals surface area contributed by atoms with Crippen molar-refractivity contribution in [3.63, 3.8) is 0 Å². The van der Waals surface area contributed by atoms with E-state index in [0.29, 0.717) is 38.4 Å². The molecule has 88 valence electrons. The van der Waals surface area contributed by atoms with E-state index in [9.17, 15) is 9.90 Å². The van der Waals surface area contributed by atoms with Crippen molar-refractivity contribution >= 4 is 5.97 Å². The summed E-state index contributed by atoms with van der Waals surface area (Å²) in [6.07, 6.45) is 0.801. The number of carboxylic acids is 1. The first-order valence-electron chi connectivity index (χ1n) is 5.28. The number of aliphatic carboxylic acids is 1. The Kier molecular flexibility index (Phi) is 2.86. The summed E-state index contributed by atoms with van der Waals surface area (Å²) in [5, 5.41) is 21.1. The largest absolute Gasteiger partial charge is 0.480 e. The van der Waals surface area contributed by atoms with Gasteiger partial charge in [0, 0.05) is 13.2 Å². The standard InChI is InChI=1S/C9H14N4O3/c1-2-13-11-7(10-12-13)9(8(14)15)3-5-16-6-4-9/h2-6H2,1H3,(H,14,15). The number of hydrogen-bond acceptors (Lipinski definition) is 5. The molecular weight excluding hydrogens is 212 g/mol. The number of aryl methyl sites for hydroxylation is 1. The molecule has 0 bridgehead atoms. The fourth-order valence-corrected chi connectivity index (χ4v) is 1.82. The molecular formula is C9H14N4O3. The summed E-state index contributed by atoms with van der Waals surface area (Å²) in [6.45, 7) is 3.31. The molecule has 0 aromatic carbocycles. The smallest absolute Gasteiger partial charge is 0.317 e. The van der Waals surface area contributed by atoms with E-state index in [4.69, 9.17) is 4.74 Å². The number of ether oxygens (including phenoxy) is 1. The highest BCUT2D eigenvalue weighted by Crippen LogP contribution is 2.32. The SMILES string of the molecule is CCn1nnc(C2(C(=O)O)CCOCC2)n1. The summed E-state index contributed by atoms with van der Waals surface area (Å²) in [5.41, 5.74) is -1.02. The lowest BCUT2D eigenvalue weighted by molar-refractivity contribution is -0.148. The first-order valence-corrected chi connectivity index (χ1v) is 5.28. The fraction of sp³-hybridized carbons (Fsp3) is 0.778. The van der Waals surface area contributed by atoms with E-state index in [2.05, 4.69) is 15.4 Å². The molecule has 1 aliphatic rings. The van der Waals surface area contributed by atoms with E-state index in [1.165, 1.54) is 4.80 Å². The Labute approximate surface area is 92.4 Å². The van der Waals surface area contributed by atoms with Crippen molar-refractivity contribution in [2.24, 2.45) is 0 Å². The van der Waals surface area contributed by atoms with Crippen molar-refractivity contribution in [3.05, 3.63) is 5.82 Å². The summed E-state index contributed by atoms with van der Waals surface area (Å²) in [4.78, 5) is 12.8. The minimum Gasteiger partial charge on any atom is -0.480 e. The lowest BCUT2D eigenvalue weighted by Gasteiger charge is -2.29. The molecule has 0 amide bonds. The maximum Gasteiger partial charge on any atom is 0.317 e. The van der Waals surface area contributed by atoms with Gasteiger partial charge in [0.2, 0.25) is 0 Å². The number of carbonyl (C=O) groups is 1. The molecule has 1 fully saturated rings. The van der Waals surface area contributed by atoms with Gasteiger partial charge in [0.1, 0.15) is 5.41 Å². The van der Waals surface area contributed by atoms with Gasteiger partial charge in [-0.1, -0.05) is 0 Å². The van der Waals surface area contributed by atoms with E-state index >= 15 is 0 Å². The average molecular weight is 226 g/mol. The summed E-state index contributed by atoms with van der Waals surface area (Å²) >= 11 is 0. The monoisotopic (exact) mass is 226 g/mol. The molecule has 0 atom stereocenters. The Bertz CT molecular complexity index is 384. The van der Waals surface area contributed by atoms with Crippen molar-refractivity contribution < 1.29 is 14.6 Å². The molecule has 0 saturated carbocycles. The Morgan fingerprint density at radius 1 is 1.56 bits per heavy atom. The van der Waals surface area contributed by atoms with E-state index < -0.39 is 11.4 Å². The lowest BCUT2D eigenvalue weighted by Crippen LogP contribution is -2.42. The molecule has 16 heavy (non-hydrogen) atoms. The summed E-state index contributed by atoms with van der Waals surface area (Å²) in [5.74, 6) is -0.600. The van der Waals surface area contributed by atoms with Crippen LogP contribution in [-0.4, -0.2) is 44.5 Å². The zero-order valence-electron chi connectivity index (χ0n) is 9.09. The van der Waals surface area contributed by atoms with E-state index in [-0.39, 0.29) is 0 Å². The Morgan fingerprint density at radius 3 is 2.75 bits per heavy atom. The second-order valence-corrected chi connectivity index (χ2v) is 3.80. The molecule has 1 aromatic rings. The maximum atomic E-state index is 11.4. The number of nitrogens with zero attached hydrogens (tertiary/aromatic N) is 4. The fourth-order valence-electron chi connectivity index (χ4n) is 1.82. The van der Waals surface area contributed by atoms with Crippen LogP contribution in [-0.2, 0) is 21.5 Å². The Morgan fingerprint density at radius 2 is 2.25 bits per heavy atom. The average Bonchev–Trinajstić information content (AvgIpc) is 2.78. The van der Waals surface area contributed by atoms with Crippen LogP contribution in [0.1, 0.15) is 25.6 Å². The van der Waals surface area contributed by atoms with Crippen LogP contribution in [0.5, 0.6) is 0 Å². The molecule has 0 unspecified atom stereocenters. The molecule has 0 spiro atoms. The van der Waals surface area contributed by atoms with Gasteiger partial charge < -0.3 is 9.84 Å². The van der Waals surface area contributed by atoms with Gasteiger partial charge in [-0.15, -0.1) is 10.2 Å². The van der Waals surface area contributed by atoms with E-state index in [1.807, 2.05) is 6.92 Å². The zero-order valence-corrected chi connectivity index (χ0v) is 9.09. The minimum absolute atomic E-state index is 0.296. The Balaban J connectivity index is 2.34. The predicted molar refractivity (Wildman–Crippen MR) is 52.9 cm³/mol. The molecule has 0 radical (unpaired) electrons. The normalized spacial score (nSPS) is 19.6. The summed E-state index contributed by atoms with van der Waals surface area (Å²) in [7, 11) is 0. The van der Waals surface area contributed by atoms with Gasteiger partial charge in [0.05, 0.1) is 6.54 Å². The van der Waals surface area contributed by atoms with Crippen LogP contribution in [0.3, 0.4) is 0 Å². The highest BCUT2D eigenvalue weighted by molar-refractivity contribution is 5.80. The number of aromatic nitrogens is 4. The molecule has 1 aromatic heterocycles. The number of carboxylic acid groups (broad SMARTS) is 1. The van der Waals surface area contributed by atoms with Gasteiger partial charge in [-0.2, -0.15) is 4.80 Å². The topological polar surface area (TPSA) is 90.1 Å². The first-order chi connectivity index (χ1) is 7.69. The molecule has 1 N–H and O–H groups in total. The third-order valence-electron chi connectivity index (χ3n) is 2.92. The Hall–Kier alpha value is -1.50. The summed E-state index contributed by atoms with van der Waals surface area (Å²) in [6, 6.07) is 0. The van der Waals surface area contributed by atoms with Crippen molar-refractivity contribution in [1.82, 2.24) is 20.2 Å². The van der Waals surface area contributed by atoms with Crippen molar-refractivity contribution in [2.45, 2.75) is 31.7 Å². The second-order valence-electron chi connectivity index (χ2n) is 3.80. The first kappa shape index (κ1) is 11.0. The van der Waals surface area contributed by atoms with Crippen LogP contribution >= 0.6 is 0 Å². The van der Waals surface area contributed by atoms with E-state index in [1.54, 1.807) is 0 Å². The third-order valence-corrected chi connectivity index (χ3v) is 2.92. The quantitative estimate of drug-likeness (QED) is 0.769. The second kappa shape index (κ2) is 4.17. The highest BCUT2D eigenvalue weighted by atomic mass is 16.5. The van der Waals surface area contributed by atoms with E-state index in [0.717, 1.165) is 0 Å². The van der Waals surface area contributed by atoms with Gasteiger partial charge in [0.15, 0.2) is 5.82 Å². The van der Waals surface area contributed by atoms with Gasteiger partial charge >= 0.3 is 5.97 Å². The van der Waals surface area contributed by atoms with Crippen LogP contribution in [0.15, 0.2) is 0 Å². The minimum atomic E-state index is -1.02. The number of tetrazole rings is 1. The lowest BCUT2D eigenvalue weighted by atomic mass is 9.79. The molecule has 1 saturated heterocycles. The van der Waals surface area contributed by atoms with Gasteiger partial charge in [-0.25, -0.2) is 0 Å². The maximum absolute atomic E-state index is 11.4. The highest BCUT2D eigenvalue weighted by Gasteiger charge is 2.45. The van der Waals surface area contributed by atoms with Crippen LogP contribution in [0.2, 0.25) is 0 Å². The predicted octanol–water partition coefficient (Wildman–Crippen LogP) is -0.174. The molecule has 2 rings (SSSR count). The van der Waals surface area contributed by atoms with Crippen molar-refractivity contribution in [1.29, 1.82) is 0 Å². The zero-order chi connectivity index (χ0) is 11.6. The number of rotatable bonds is 3. The third kappa shape index (κ3) is 1.67. The van der Waals surface area contributed by atoms with Crippen LogP contribution < -0.4 is 0 Å². The molecule has 1 aliphatic heterocycles.